The largest absolute Gasteiger partial charge is 0.338 e. The van der Waals surface area contributed by atoms with Crippen LogP contribution < -0.4 is 10.9 Å². The Labute approximate surface area is 173 Å². The molecule has 0 radical (unpaired) electrons. The second-order valence-corrected chi connectivity index (χ2v) is 7.19. The number of nitrogens with zero attached hydrogens (tertiary/aromatic N) is 2. The Hall–Kier alpha value is -3.67. The molecule has 0 atom stereocenters. The van der Waals surface area contributed by atoms with Crippen LogP contribution in [0.2, 0.25) is 0 Å². The molecule has 4 aromatic rings. The molecule has 2 heterocycles. The Morgan fingerprint density at radius 3 is 2.53 bits per heavy atom. The summed E-state index contributed by atoms with van der Waals surface area (Å²) in [5, 5.41) is 3.59. The smallest absolute Gasteiger partial charge is 0.275 e. The molecule has 1 amide bonds. The molecule has 4 rings (SSSR count). The van der Waals surface area contributed by atoms with Crippen LogP contribution in [0.15, 0.2) is 77.9 Å². The zero-order valence-electron chi connectivity index (χ0n) is 16.6. The zero-order valence-corrected chi connectivity index (χ0v) is 16.6. The third-order valence-electron chi connectivity index (χ3n) is 5.12. The van der Waals surface area contributed by atoms with Gasteiger partial charge in [-0.25, -0.2) is 4.39 Å². The van der Waals surface area contributed by atoms with Gasteiger partial charge in [-0.3, -0.25) is 9.59 Å². The normalized spacial score (nSPS) is 11.0. The minimum atomic E-state index is -0.315. The van der Waals surface area contributed by atoms with Gasteiger partial charge in [0.1, 0.15) is 17.9 Å². The topological polar surface area (TPSA) is 56.0 Å². The number of hydrogen-bond donors (Lipinski definition) is 1. The maximum absolute atomic E-state index is 14.0. The van der Waals surface area contributed by atoms with E-state index in [9.17, 15) is 14.0 Å². The van der Waals surface area contributed by atoms with Crippen LogP contribution in [-0.2, 0) is 24.3 Å². The summed E-state index contributed by atoms with van der Waals surface area (Å²) >= 11 is 0. The minimum absolute atomic E-state index is 0.101. The van der Waals surface area contributed by atoms with Gasteiger partial charge in [-0.2, -0.15) is 0 Å². The van der Waals surface area contributed by atoms with Gasteiger partial charge in [-0.15, -0.1) is 0 Å². The average molecular weight is 403 g/mol. The van der Waals surface area contributed by atoms with Crippen molar-refractivity contribution in [2.75, 3.05) is 5.32 Å². The van der Waals surface area contributed by atoms with E-state index < -0.39 is 0 Å². The Balaban J connectivity index is 1.59. The summed E-state index contributed by atoms with van der Waals surface area (Å²) in [6, 6.07) is 17.7. The molecule has 0 unspecified atom stereocenters. The highest BCUT2D eigenvalue weighted by atomic mass is 19.1. The Kier molecular flexibility index (Phi) is 5.48. The molecular weight excluding hydrogens is 381 g/mol. The summed E-state index contributed by atoms with van der Waals surface area (Å²) < 4.78 is 17.1. The van der Waals surface area contributed by atoms with Gasteiger partial charge in [0.15, 0.2) is 0 Å². The number of nitrogens with one attached hydrogen (secondary N) is 1. The van der Waals surface area contributed by atoms with Crippen molar-refractivity contribution in [3.8, 4) is 0 Å². The van der Waals surface area contributed by atoms with E-state index in [2.05, 4.69) is 5.32 Å². The fourth-order valence-corrected chi connectivity index (χ4v) is 3.54. The zero-order chi connectivity index (χ0) is 21.1. The van der Waals surface area contributed by atoms with Crippen molar-refractivity contribution in [3.63, 3.8) is 0 Å². The van der Waals surface area contributed by atoms with E-state index in [1.165, 1.54) is 10.6 Å². The number of aromatic nitrogens is 2. The first kappa shape index (κ1) is 19.6. The van der Waals surface area contributed by atoms with Gasteiger partial charge in [0.25, 0.3) is 5.56 Å². The van der Waals surface area contributed by atoms with Gasteiger partial charge in [-0.1, -0.05) is 37.3 Å². The molecule has 0 aliphatic carbocycles. The third kappa shape index (κ3) is 4.03. The summed E-state index contributed by atoms with van der Waals surface area (Å²) in [6.07, 6.45) is 4.25. The number of amides is 1. The van der Waals surface area contributed by atoms with Gasteiger partial charge in [0.2, 0.25) is 5.91 Å². The van der Waals surface area contributed by atoms with Crippen molar-refractivity contribution in [3.05, 3.63) is 100 Å². The highest BCUT2D eigenvalue weighted by Crippen LogP contribution is 2.16. The number of hydrogen-bond acceptors (Lipinski definition) is 2. The van der Waals surface area contributed by atoms with Crippen LogP contribution in [-0.4, -0.2) is 15.0 Å². The number of benzene rings is 2. The lowest BCUT2D eigenvalue weighted by molar-refractivity contribution is -0.116. The lowest BCUT2D eigenvalue weighted by atomic mass is 10.1. The quantitative estimate of drug-likeness (QED) is 0.525. The molecular formula is C24H22FN3O2. The van der Waals surface area contributed by atoms with Gasteiger partial charge in [0, 0.05) is 29.0 Å². The molecule has 0 bridgehead atoms. The Morgan fingerprint density at radius 1 is 1.00 bits per heavy atom. The van der Waals surface area contributed by atoms with E-state index in [0.29, 0.717) is 16.8 Å². The molecule has 2 aromatic heterocycles. The van der Waals surface area contributed by atoms with E-state index in [1.54, 1.807) is 41.2 Å². The SMILES string of the molecule is CCc1cccc(NC(=O)Cn2ccc3ccn(Cc4ccccc4F)c3c2=O)c1. The average Bonchev–Trinajstić information content (AvgIpc) is 3.15. The lowest BCUT2D eigenvalue weighted by Crippen LogP contribution is -2.28. The van der Waals surface area contributed by atoms with Gasteiger partial charge in [0.05, 0.1) is 6.54 Å². The number of anilines is 1. The monoisotopic (exact) mass is 403 g/mol. The molecule has 0 saturated heterocycles. The van der Waals surface area contributed by atoms with E-state index in [-0.39, 0.29) is 30.4 Å². The fourth-order valence-electron chi connectivity index (χ4n) is 3.54. The molecule has 152 valence electrons. The molecule has 1 N–H and O–H groups in total. The molecule has 0 spiro atoms. The standard InChI is InChI=1S/C24H22FN3O2/c1-2-17-6-5-8-20(14-17)26-22(29)16-28-13-11-18-10-12-27(23(18)24(28)30)15-19-7-3-4-9-21(19)25/h3-14H,2,15-16H2,1H3,(H,26,29). The molecule has 6 heteroatoms. The van der Waals surface area contributed by atoms with Crippen LogP contribution in [0.3, 0.4) is 0 Å². The molecule has 2 aromatic carbocycles. The van der Waals surface area contributed by atoms with Crippen LogP contribution in [0, 0.1) is 5.82 Å². The summed E-state index contributed by atoms with van der Waals surface area (Å²) in [5.41, 5.74) is 2.49. The molecule has 0 saturated carbocycles. The van der Waals surface area contributed by atoms with Crippen molar-refractivity contribution in [2.45, 2.75) is 26.4 Å². The maximum Gasteiger partial charge on any atom is 0.275 e. The number of carbonyl (C=O) groups excluding carboxylic acids is 1. The predicted molar refractivity (Wildman–Crippen MR) is 116 cm³/mol. The van der Waals surface area contributed by atoms with Gasteiger partial charge < -0.3 is 14.5 Å². The van der Waals surface area contributed by atoms with E-state index in [1.807, 2.05) is 37.3 Å². The van der Waals surface area contributed by atoms with E-state index >= 15 is 0 Å². The van der Waals surface area contributed by atoms with E-state index in [4.69, 9.17) is 0 Å². The van der Waals surface area contributed by atoms with Crippen LogP contribution in [0.5, 0.6) is 0 Å². The lowest BCUT2D eigenvalue weighted by Gasteiger charge is -2.10. The molecule has 5 nitrogen and oxygen atoms in total. The highest BCUT2D eigenvalue weighted by Gasteiger charge is 2.12. The number of halogens is 1. The molecule has 0 aliphatic heterocycles. The van der Waals surface area contributed by atoms with Crippen molar-refractivity contribution in [2.24, 2.45) is 0 Å². The number of pyridine rings is 1. The Morgan fingerprint density at radius 2 is 1.77 bits per heavy atom. The molecule has 30 heavy (non-hydrogen) atoms. The van der Waals surface area contributed by atoms with Gasteiger partial charge >= 0.3 is 0 Å². The first-order chi connectivity index (χ1) is 14.5. The fraction of sp³-hybridized carbons (Fsp3) is 0.167. The van der Waals surface area contributed by atoms with Crippen LogP contribution >= 0.6 is 0 Å². The predicted octanol–water partition coefficient (Wildman–Crippen LogP) is 4.19. The number of rotatable bonds is 6. The van der Waals surface area contributed by atoms with Crippen molar-refractivity contribution in [1.29, 1.82) is 0 Å². The van der Waals surface area contributed by atoms with Crippen LogP contribution in [0.4, 0.5) is 10.1 Å². The molecule has 0 aliphatic rings. The first-order valence-corrected chi connectivity index (χ1v) is 9.85. The highest BCUT2D eigenvalue weighted by molar-refractivity contribution is 5.91. The second-order valence-electron chi connectivity index (χ2n) is 7.19. The van der Waals surface area contributed by atoms with Crippen molar-refractivity contribution < 1.29 is 9.18 Å². The van der Waals surface area contributed by atoms with E-state index in [0.717, 1.165) is 17.4 Å². The Bertz CT molecular complexity index is 1270. The summed E-state index contributed by atoms with van der Waals surface area (Å²) in [5.74, 6) is -0.596. The minimum Gasteiger partial charge on any atom is -0.338 e. The first-order valence-electron chi connectivity index (χ1n) is 9.85. The maximum atomic E-state index is 14.0. The summed E-state index contributed by atoms with van der Waals surface area (Å²) in [6.45, 7) is 2.19. The van der Waals surface area contributed by atoms with Crippen LogP contribution in [0.25, 0.3) is 10.9 Å². The second kappa shape index (κ2) is 8.37. The third-order valence-corrected chi connectivity index (χ3v) is 5.12. The number of fused-ring (bicyclic) bond motifs is 1. The summed E-state index contributed by atoms with van der Waals surface area (Å²) in [7, 11) is 0. The van der Waals surface area contributed by atoms with Crippen molar-refractivity contribution >= 4 is 22.5 Å². The van der Waals surface area contributed by atoms with Gasteiger partial charge in [-0.05, 0) is 42.3 Å². The van der Waals surface area contributed by atoms with Crippen molar-refractivity contribution in [1.82, 2.24) is 9.13 Å². The number of aryl methyl sites for hydroxylation is 1. The van der Waals surface area contributed by atoms with Crippen LogP contribution in [0.1, 0.15) is 18.1 Å². The summed E-state index contributed by atoms with van der Waals surface area (Å²) in [4.78, 5) is 25.5. The molecule has 0 fully saturated rings. The number of carbonyl (C=O) groups is 1.